The second-order valence-corrected chi connectivity index (χ2v) is 6.50. The number of hydrogen-bond acceptors (Lipinski definition) is 0. The van der Waals surface area contributed by atoms with Crippen LogP contribution in [-0.2, 0) is 0 Å². The minimum absolute atomic E-state index is 0.507. The highest BCUT2D eigenvalue weighted by molar-refractivity contribution is 7.28. The normalized spacial score (nSPS) is 10.9. The van der Waals surface area contributed by atoms with Crippen LogP contribution in [0.1, 0.15) is 25.3 Å². The molecule has 0 bridgehead atoms. The first-order valence-corrected chi connectivity index (χ1v) is 8.29. The van der Waals surface area contributed by atoms with Crippen LogP contribution in [0.5, 0.6) is 0 Å². The predicted molar refractivity (Wildman–Crippen MR) is 101 cm³/mol. The van der Waals surface area contributed by atoms with Gasteiger partial charge in [0.05, 0.1) is 0 Å². The molecule has 0 N–H and O–H groups in total. The van der Waals surface area contributed by atoms with Crippen molar-refractivity contribution in [3.8, 4) is 22.3 Å². The third kappa shape index (κ3) is 2.85. The highest BCUT2D eigenvalue weighted by Crippen LogP contribution is 2.36. The molecule has 110 valence electrons. The van der Waals surface area contributed by atoms with Gasteiger partial charge in [-0.1, -0.05) is 86.6 Å². The van der Waals surface area contributed by atoms with E-state index in [1.807, 2.05) is 0 Å². The molecule has 1 heteroatoms. The summed E-state index contributed by atoms with van der Waals surface area (Å²) in [4.78, 5) is 0. The van der Waals surface area contributed by atoms with Crippen molar-refractivity contribution >= 4 is 14.5 Å². The molecule has 0 saturated heterocycles. The lowest BCUT2D eigenvalue weighted by molar-refractivity contribution is 0.869. The van der Waals surface area contributed by atoms with Crippen molar-refractivity contribution in [1.82, 2.24) is 0 Å². The Balaban J connectivity index is 2.28. The lowest BCUT2D eigenvalue weighted by Crippen LogP contribution is -2.01. The fraction of sp³-hybridized carbons (Fsp3) is 0.143. The topological polar surface area (TPSA) is 0 Å². The van der Waals surface area contributed by atoms with Gasteiger partial charge in [-0.3, -0.25) is 0 Å². The molecule has 0 aliphatic rings. The fourth-order valence-electron chi connectivity index (χ4n) is 2.97. The van der Waals surface area contributed by atoms with Crippen molar-refractivity contribution in [2.75, 3.05) is 0 Å². The summed E-state index contributed by atoms with van der Waals surface area (Å²) in [6.07, 6.45) is 0. The van der Waals surface area contributed by atoms with Gasteiger partial charge in [-0.2, -0.15) is 0 Å². The largest absolute Gasteiger partial charge is 0.105 e. The molecule has 3 rings (SSSR count). The Hall–Kier alpha value is -1.91. The summed E-state index contributed by atoms with van der Waals surface area (Å²) in [6.45, 7) is 4.51. The third-order valence-corrected chi connectivity index (χ3v) is 4.51. The van der Waals surface area contributed by atoms with Crippen molar-refractivity contribution in [3.63, 3.8) is 0 Å². The van der Waals surface area contributed by atoms with E-state index in [9.17, 15) is 0 Å². The van der Waals surface area contributed by atoms with Crippen LogP contribution in [-0.4, -0.2) is 0 Å². The first kappa shape index (κ1) is 15.0. The molecule has 3 aromatic rings. The maximum atomic E-state index is 2.88. The SMILES string of the molecule is CC(C)c1ccccc1-c1cccc(P)c1-c1ccccc1. The van der Waals surface area contributed by atoms with Crippen molar-refractivity contribution in [1.29, 1.82) is 0 Å². The molecule has 1 unspecified atom stereocenters. The number of hydrogen-bond donors (Lipinski definition) is 0. The summed E-state index contributed by atoms with van der Waals surface area (Å²) in [5.74, 6) is 0.507. The Labute approximate surface area is 135 Å². The molecule has 0 radical (unpaired) electrons. The van der Waals surface area contributed by atoms with Gasteiger partial charge < -0.3 is 0 Å². The molecule has 22 heavy (non-hydrogen) atoms. The van der Waals surface area contributed by atoms with Crippen LogP contribution in [0, 0.1) is 0 Å². The summed E-state index contributed by atoms with van der Waals surface area (Å²) < 4.78 is 0. The summed E-state index contributed by atoms with van der Waals surface area (Å²) in [5.41, 5.74) is 6.61. The van der Waals surface area contributed by atoms with Crippen LogP contribution in [0.15, 0.2) is 72.8 Å². The Kier molecular flexibility index (Phi) is 4.41. The van der Waals surface area contributed by atoms with E-state index >= 15 is 0 Å². The van der Waals surface area contributed by atoms with Crippen molar-refractivity contribution in [2.45, 2.75) is 19.8 Å². The maximum absolute atomic E-state index is 2.88. The van der Waals surface area contributed by atoms with Gasteiger partial charge in [-0.05, 0) is 39.0 Å². The Morgan fingerprint density at radius 2 is 1.32 bits per heavy atom. The van der Waals surface area contributed by atoms with E-state index in [-0.39, 0.29) is 0 Å². The fourth-order valence-corrected chi connectivity index (χ4v) is 3.40. The standard InChI is InChI=1S/C21H21P/c1-15(2)17-11-6-7-12-18(17)19-13-8-14-20(22)21(19)16-9-4-3-5-10-16/h3-15H,22H2,1-2H3. The molecule has 0 heterocycles. The summed E-state index contributed by atoms with van der Waals surface area (Å²) in [5, 5.41) is 1.24. The van der Waals surface area contributed by atoms with E-state index < -0.39 is 0 Å². The predicted octanol–water partition coefficient (Wildman–Crippen LogP) is 5.64. The molecule has 0 aliphatic carbocycles. The van der Waals surface area contributed by atoms with Crippen LogP contribution in [0.3, 0.4) is 0 Å². The van der Waals surface area contributed by atoms with Gasteiger partial charge in [0, 0.05) is 0 Å². The molecule has 1 atom stereocenters. The van der Waals surface area contributed by atoms with Crippen LogP contribution in [0.4, 0.5) is 0 Å². The Bertz CT molecular complexity index is 773. The molecule has 0 aliphatic heterocycles. The molecule has 3 aromatic carbocycles. The van der Waals surface area contributed by atoms with Crippen LogP contribution < -0.4 is 5.30 Å². The zero-order valence-corrected chi connectivity index (χ0v) is 14.2. The highest BCUT2D eigenvalue weighted by atomic mass is 31.0. The van der Waals surface area contributed by atoms with E-state index in [2.05, 4.69) is 95.9 Å². The first-order valence-electron chi connectivity index (χ1n) is 7.71. The summed E-state index contributed by atoms with van der Waals surface area (Å²) >= 11 is 0. The average Bonchev–Trinajstić information content (AvgIpc) is 2.55. The van der Waals surface area contributed by atoms with E-state index in [0.717, 1.165) is 0 Å². The van der Waals surface area contributed by atoms with Crippen molar-refractivity contribution in [3.05, 3.63) is 78.4 Å². The summed E-state index contributed by atoms with van der Waals surface area (Å²) in [7, 11) is 2.88. The average molecular weight is 304 g/mol. The van der Waals surface area contributed by atoms with Crippen molar-refractivity contribution in [2.24, 2.45) is 0 Å². The zero-order valence-electron chi connectivity index (χ0n) is 13.1. The number of benzene rings is 3. The summed E-state index contributed by atoms with van der Waals surface area (Å²) in [6, 6.07) is 25.9. The molecular weight excluding hydrogens is 283 g/mol. The zero-order chi connectivity index (χ0) is 15.5. The molecule has 0 fully saturated rings. The van der Waals surface area contributed by atoms with Gasteiger partial charge in [-0.15, -0.1) is 9.24 Å². The monoisotopic (exact) mass is 304 g/mol. The minimum atomic E-state index is 0.507. The lowest BCUT2D eigenvalue weighted by Gasteiger charge is -2.18. The van der Waals surface area contributed by atoms with Crippen LogP contribution >= 0.6 is 9.24 Å². The van der Waals surface area contributed by atoms with E-state index in [4.69, 9.17) is 0 Å². The van der Waals surface area contributed by atoms with Crippen molar-refractivity contribution < 1.29 is 0 Å². The smallest absolute Gasteiger partial charge is 0.00336 e. The second-order valence-electron chi connectivity index (χ2n) is 5.88. The Morgan fingerprint density at radius 3 is 2.05 bits per heavy atom. The van der Waals surface area contributed by atoms with Crippen LogP contribution in [0.2, 0.25) is 0 Å². The first-order chi connectivity index (χ1) is 10.7. The van der Waals surface area contributed by atoms with Gasteiger partial charge in [-0.25, -0.2) is 0 Å². The van der Waals surface area contributed by atoms with Gasteiger partial charge in [0.25, 0.3) is 0 Å². The van der Waals surface area contributed by atoms with Crippen LogP contribution in [0.25, 0.3) is 22.3 Å². The minimum Gasteiger partial charge on any atom is -0.105 e. The third-order valence-electron chi connectivity index (χ3n) is 4.03. The van der Waals surface area contributed by atoms with Gasteiger partial charge in [0.2, 0.25) is 0 Å². The van der Waals surface area contributed by atoms with E-state index in [0.29, 0.717) is 5.92 Å². The molecule has 0 saturated carbocycles. The van der Waals surface area contributed by atoms with Gasteiger partial charge in [0.1, 0.15) is 0 Å². The quantitative estimate of drug-likeness (QED) is 0.549. The molecule has 0 spiro atoms. The van der Waals surface area contributed by atoms with E-state index in [1.165, 1.54) is 33.1 Å². The highest BCUT2D eigenvalue weighted by Gasteiger charge is 2.14. The Morgan fingerprint density at radius 1 is 0.682 bits per heavy atom. The molecular formula is C21H21P. The van der Waals surface area contributed by atoms with Gasteiger partial charge >= 0.3 is 0 Å². The molecule has 0 nitrogen and oxygen atoms in total. The van der Waals surface area contributed by atoms with Gasteiger partial charge in [0.15, 0.2) is 0 Å². The lowest BCUT2D eigenvalue weighted by atomic mass is 9.88. The number of rotatable bonds is 3. The molecule has 0 amide bonds. The maximum Gasteiger partial charge on any atom is -0.00336 e. The van der Waals surface area contributed by atoms with E-state index in [1.54, 1.807) is 0 Å². The second kappa shape index (κ2) is 6.46. The molecule has 0 aromatic heterocycles.